The highest BCUT2D eigenvalue weighted by Gasteiger charge is 2.75. The largest absolute Gasteiger partial charge is 0.494 e. The predicted octanol–water partition coefficient (Wildman–Crippen LogP) is 6.08. The van der Waals surface area contributed by atoms with Gasteiger partial charge < -0.3 is 29.3 Å². The van der Waals surface area contributed by atoms with Crippen molar-refractivity contribution in [1.82, 2.24) is 4.90 Å². The number of anilines is 2. The Hall–Kier alpha value is -5.25. The van der Waals surface area contributed by atoms with Gasteiger partial charge >= 0.3 is 0 Å². The van der Waals surface area contributed by atoms with E-state index in [1.807, 2.05) is 104 Å². The molecule has 0 aliphatic carbocycles. The minimum absolute atomic E-state index is 0.183. The standard InChI is InChI=1S/C42H43N3O6/c1-4-24-43(31-18-20-33(21-19-31)50-6-3)39(47)36-35-22-23-42(51-35)37(36)40(48)45(34(27-46)29-13-8-7-9-14-29)38(42)41(49)44(25-5-2)32-17-16-28-12-10-11-15-30(28)26-32/h4-5,7-21,26,34-38,46H,1-2,6,22-25,27H2,3H3/t34-,35-,36+,37+,38?,42?/m1/s1. The van der Waals surface area contributed by atoms with E-state index in [1.165, 1.54) is 4.90 Å². The number of carbonyl (C=O) groups is 3. The molecule has 2 bridgehead atoms. The molecule has 3 fully saturated rings. The van der Waals surface area contributed by atoms with Crippen molar-refractivity contribution in [2.24, 2.45) is 11.8 Å². The van der Waals surface area contributed by atoms with Crippen molar-refractivity contribution in [1.29, 1.82) is 0 Å². The van der Waals surface area contributed by atoms with Gasteiger partial charge in [0, 0.05) is 24.5 Å². The summed E-state index contributed by atoms with van der Waals surface area (Å²) in [5.41, 5.74) is 0.694. The Morgan fingerprint density at radius 2 is 1.57 bits per heavy atom. The van der Waals surface area contributed by atoms with Crippen LogP contribution >= 0.6 is 0 Å². The summed E-state index contributed by atoms with van der Waals surface area (Å²) in [6.07, 6.45) is 3.68. The molecule has 1 N–H and O–H groups in total. The molecule has 4 aromatic rings. The maximum Gasteiger partial charge on any atom is 0.253 e. The summed E-state index contributed by atoms with van der Waals surface area (Å²) >= 11 is 0. The number of benzene rings is 4. The van der Waals surface area contributed by atoms with E-state index in [9.17, 15) is 9.90 Å². The van der Waals surface area contributed by atoms with E-state index in [0.29, 0.717) is 42.1 Å². The van der Waals surface area contributed by atoms with E-state index in [0.717, 1.165) is 10.8 Å². The van der Waals surface area contributed by atoms with E-state index >= 15 is 9.59 Å². The quantitative estimate of drug-likeness (QED) is 0.171. The summed E-state index contributed by atoms with van der Waals surface area (Å²) in [4.78, 5) is 49.8. The number of rotatable bonds is 13. The fraction of sp³-hybridized carbons (Fsp3) is 0.310. The molecule has 3 aliphatic heterocycles. The van der Waals surface area contributed by atoms with Crippen molar-refractivity contribution in [3.63, 3.8) is 0 Å². The molecule has 2 unspecified atom stereocenters. The fourth-order valence-corrected chi connectivity index (χ4v) is 8.48. The van der Waals surface area contributed by atoms with Crippen LogP contribution in [0.4, 0.5) is 11.4 Å². The summed E-state index contributed by atoms with van der Waals surface area (Å²) in [5.74, 6) is -2.09. The molecule has 9 heteroatoms. The summed E-state index contributed by atoms with van der Waals surface area (Å²) in [6.45, 7) is 10.2. The Morgan fingerprint density at radius 1 is 0.922 bits per heavy atom. The van der Waals surface area contributed by atoms with Crippen LogP contribution in [0.2, 0.25) is 0 Å². The first kappa shape index (κ1) is 34.2. The second kappa shape index (κ2) is 14.2. The van der Waals surface area contributed by atoms with Gasteiger partial charge in [-0.05, 0) is 72.5 Å². The van der Waals surface area contributed by atoms with Crippen LogP contribution in [0.1, 0.15) is 31.4 Å². The van der Waals surface area contributed by atoms with E-state index in [1.54, 1.807) is 22.0 Å². The number of hydrogen-bond acceptors (Lipinski definition) is 6. The topological polar surface area (TPSA) is 99.6 Å². The van der Waals surface area contributed by atoms with Crippen LogP contribution in [-0.2, 0) is 19.1 Å². The molecule has 7 rings (SSSR count). The first-order valence-electron chi connectivity index (χ1n) is 17.6. The number of amides is 3. The minimum atomic E-state index is -1.28. The Kier molecular flexibility index (Phi) is 9.50. The van der Waals surface area contributed by atoms with Crippen molar-refractivity contribution in [2.45, 2.75) is 43.6 Å². The Morgan fingerprint density at radius 3 is 2.24 bits per heavy atom. The Labute approximate surface area is 298 Å². The lowest BCUT2D eigenvalue weighted by Crippen LogP contribution is -2.57. The summed E-state index contributed by atoms with van der Waals surface area (Å²) in [5, 5.41) is 12.9. The molecule has 3 heterocycles. The molecule has 9 nitrogen and oxygen atoms in total. The number of aliphatic hydroxyl groups is 1. The molecule has 3 saturated heterocycles. The lowest BCUT2D eigenvalue weighted by Gasteiger charge is -2.39. The van der Waals surface area contributed by atoms with Crippen molar-refractivity contribution in [2.75, 3.05) is 36.1 Å². The Bertz CT molecular complexity index is 1950. The van der Waals surface area contributed by atoms with Gasteiger partial charge in [0.2, 0.25) is 11.8 Å². The van der Waals surface area contributed by atoms with Gasteiger partial charge in [-0.2, -0.15) is 0 Å². The van der Waals surface area contributed by atoms with Gasteiger partial charge in [0.1, 0.15) is 17.4 Å². The average molecular weight is 686 g/mol. The van der Waals surface area contributed by atoms with Gasteiger partial charge in [-0.1, -0.05) is 72.8 Å². The van der Waals surface area contributed by atoms with Gasteiger partial charge in [0.25, 0.3) is 5.91 Å². The van der Waals surface area contributed by atoms with Crippen molar-refractivity contribution >= 4 is 39.9 Å². The highest BCUT2D eigenvalue weighted by atomic mass is 16.5. The zero-order chi connectivity index (χ0) is 35.7. The van der Waals surface area contributed by atoms with E-state index < -0.39 is 42.2 Å². The maximum absolute atomic E-state index is 15.2. The molecular weight excluding hydrogens is 642 g/mol. The van der Waals surface area contributed by atoms with Crippen molar-refractivity contribution in [3.05, 3.63) is 128 Å². The summed E-state index contributed by atoms with van der Waals surface area (Å²) in [7, 11) is 0. The van der Waals surface area contributed by atoms with Crippen LogP contribution in [0.3, 0.4) is 0 Å². The monoisotopic (exact) mass is 685 g/mol. The number of nitrogens with zero attached hydrogens (tertiary/aromatic N) is 3. The fourth-order valence-electron chi connectivity index (χ4n) is 8.48. The third-order valence-electron chi connectivity index (χ3n) is 10.6. The van der Waals surface area contributed by atoms with Gasteiger partial charge in [-0.25, -0.2) is 0 Å². The van der Waals surface area contributed by atoms with Gasteiger partial charge in [-0.3, -0.25) is 14.4 Å². The zero-order valence-electron chi connectivity index (χ0n) is 28.8. The van der Waals surface area contributed by atoms with Crippen molar-refractivity contribution in [3.8, 4) is 5.75 Å². The van der Waals surface area contributed by atoms with Gasteiger partial charge in [0.15, 0.2) is 0 Å². The number of ether oxygens (including phenoxy) is 2. The molecule has 3 aliphatic rings. The SMILES string of the molecule is C=CCN(C(=O)C1N([C@H](CO)c2ccccc2)C(=O)[C@@H]2[C@@H](C(=O)N(CC=C)c3ccc(OCC)cc3)[C@H]3CCC12O3)c1ccc2ccccc2c1. The summed E-state index contributed by atoms with van der Waals surface area (Å²) in [6, 6.07) is 28.2. The second-order valence-electron chi connectivity index (χ2n) is 13.3. The zero-order valence-corrected chi connectivity index (χ0v) is 28.8. The average Bonchev–Trinajstić information content (AvgIpc) is 3.81. The number of aliphatic hydroxyl groups excluding tert-OH is 1. The summed E-state index contributed by atoms with van der Waals surface area (Å²) < 4.78 is 12.4. The van der Waals surface area contributed by atoms with Crippen LogP contribution in [0.5, 0.6) is 5.75 Å². The lowest BCUT2D eigenvalue weighted by atomic mass is 9.70. The van der Waals surface area contributed by atoms with Crippen LogP contribution in [0.15, 0.2) is 122 Å². The Balaban J connectivity index is 1.32. The van der Waals surface area contributed by atoms with Crippen molar-refractivity contribution < 1.29 is 29.0 Å². The predicted molar refractivity (Wildman–Crippen MR) is 197 cm³/mol. The van der Waals surface area contributed by atoms with Crippen LogP contribution in [0, 0.1) is 11.8 Å². The molecule has 1 spiro atoms. The van der Waals surface area contributed by atoms with E-state index in [4.69, 9.17) is 9.47 Å². The first-order valence-corrected chi connectivity index (χ1v) is 17.6. The van der Waals surface area contributed by atoms with Crippen LogP contribution in [0.25, 0.3) is 10.8 Å². The third-order valence-corrected chi connectivity index (χ3v) is 10.6. The molecule has 3 amide bonds. The van der Waals surface area contributed by atoms with Gasteiger partial charge in [-0.15, -0.1) is 13.2 Å². The molecule has 6 atom stereocenters. The number of fused-ring (bicyclic) bond motifs is 2. The molecule has 4 aromatic carbocycles. The molecule has 262 valence electrons. The highest BCUT2D eigenvalue weighted by Crippen LogP contribution is 2.60. The molecular formula is C42H43N3O6. The smallest absolute Gasteiger partial charge is 0.253 e. The second-order valence-corrected chi connectivity index (χ2v) is 13.3. The number of hydrogen-bond donors (Lipinski definition) is 1. The van der Waals surface area contributed by atoms with Gasteiger partial charge in [0.05, 0.1) is 37.2 Å². The number of likely N-dealkylation sites (tertiary alicyclic amines) is 1. The van der Waals surface area contributed by atoms with Crippen LogP contribution in [-0.4, -0.2) is 71.8 Å². The first-order chi connectivity index (χ1) is 24.9. The lowest BCUT2D eigenvalue weighted by molar-refractivity contribution is -0.144. The molecule has 0 radical (unpaired) electrons. The highest BCUT2D eigenvalue weighted by molar-refractivity contribution is 6.07. The normalized spacial score (nSPS) is 23.9. The van der Waals surface area contributed by atoms with Crippen LogP contribution < -0.4 is 14.5 Å². The molecule has 0 aromatic heterocycles. The van der Waals surface area contributed by atoms with E-state index in [2.05, 4.69) is 13.2 Å². The van der Waals surface area contributed by atoms with E-state index in [-0.39, 0.29) is 30.8 Å². The minimum Gasteiger partial charge on any atom is -0.494 e. The molecule has 51 heavy (non-hydrogen) atoms. The maximum atomic E-state index is 15.2. The third kappa shape index (κ3) is 5.80. The number of carbonyl (C=O) groups excluding carboxylic acids is 3. The molecule has 0 saturated carbocycles.